The van der Waals surface area contributed by atoms with Crippen LogP contribution in [-0.4, -0.2) is 66.5 Å². The summed E-state index contributed by atoms with van der Waals surface area (Å²) in [5.74, 6) is -0.300. The predicted octanol–water partition coefficient (Wildman–Crippen LogP) is 4.25. The molecule has 1 amide bonds. The first-order valence-electron chi connectivity index (χ1n) is 11.8. The highest BCUT2D eigenvalue weighted by Gasteiger charge is 2.45. The van der Waals surface area contributed by atoms with E-state index < -0.39 is 17.7 Å². The molecule has 1 aliphatic rings. The standard InChI is InChI=1S/C27H34N2O5/c1-5-28(6-2)15-10-16-29-24(19-11-8-13-21(17-19)33-4)23(26(31)27(29)32)25(30)20-12-9-14-22(18-20)34-7-3/h8-9,11-14,17-18,24,30H,5-7,10,15-16H2,1-4H3. The van der Waals surface area contributed by atoms with Crippen LogP contribution in [0.2, 0.25) is 0 Å². The number of hydrogen-bond donors (Lipinski definition) is 1. The maximum Gasteiger partial charge on any atom is 0.295 e. The summed E-state index contributed by atoms with van der Waals surface area (Å²) in [6, 6.07) is 13.5. The molecule has 182 valence electrons. The van der Waals surface area contributed by atoms with E-state index in [9.17, 15) is 14.7 Å². The number of aliphatic hydroxyl groups is 1. The molecule has 7 heteroatoms. The number of rotatable bonds is 11. The van der Waals surface area contributed by atoms with Crippen molar-refractivity contribution in [2.75, 3.05) is 39.9 Å². The highest BCUT2D eigenvalue weighted by molar-refractivity contribution is 6.46. The van der Waals surface area contributed by atoms with Crippen molar-refractivity contribution in [3.05, 3.63) is 65.2 Å². The van der Waals surface area contributed by atoms with Crippen molar-refractivity contribution in [1.82, 2.24) is 9.80 Å². The second kappa shape index (κ2) is 11.7. The van der Waals surface area contributed by atoms with Gasteiger partial charge in [-0.2, -0.15) is 0 Å². The number of methoxy groups -OCH3 is 1. The summed E-state index contributed by atoms with van der Waals surface area (Å²) in [7, 11) is 1.57. The first-order chi connectivity index (χ1) is 16.4. The van der Waals surface area contributed by atoms with E-state index in [0.717, 1.165) is 26.1 Å². The van der Waals surface area contributed by atoms with Gasteiger partial charge < -0.3 is 24.4 Å². The van der Waals surface area contributed by atoms with Crippen LogP contribution in [-0.2, 0) is 9.59 Å². The van der Waals surface area contributed by atoms with Crippen molar-refractivity contribution in [2.45, 2.75) is 33.2 Å². The monoisotopic (exact) mass is 466 g/mol. The van der Waals surface area contributed by atoms with Gasteiger partial charge in [-0.05, 0) is 62.8 Å². The van der Waals surface area contributed by atoms with Crippen LogP contribution in [0.1, 0.15) is 44.4 Å². The molecule has 1 aliphatic heterocycles. The molecule has 2 aromatic carbocycles. The molecule has 1 heterocycles. The SMILES string of the molecule is CCOc1cccc(C(O)=C2C(=O)C(=O)N(CCCN(CC)CC)C2c2cccc(OC)c2)c1. The van der Waals surface area contributed by atoms with Crippen molar-refractivity contribution in [1.29, 1.82) is 0 Å². The van der Waals surface area contributed by atoms with E-state index in [1.807, 2.05) is 25.1 Å². The Morgan fingerprint density at radius 2 is 1.74 bits per heavy atom. The van der Waals surface area contributed by atoms with Crippen molar-refractivity contribution in [2.24, 2.45) is 0 Å². The minimum atomic E-state index is -0.706. The van der Waals surface area contributed by atoms with Crippen LogP contribution in [0, 0.1) is 0 Å². The van der Waals surface area contributed by atoms with Gasteiger partial charge in [0.05, 0.1) is 25.3 Å². The molecule has 0 saturated carbocycles. The number of benzene rings is 2. The molecule has 7 nitrogen and oxygen atoms in total. The molecule has 0 bridgehead atoms. The fraction of sp³-hybridized carbons (Fsp3) is 0.407. The number of ketones is 1. The number of carbonyl (C=O) groups excluding carboxylic acids is 2. The first-order valence-corrected chi connectivity index (χ1v) is 11.8. The Hall–Kier alpha value is -3.32. The Morgan fingerprint density at radius 1 is 1.03 bits per heavy atom. The molecule has 2 aromatic rings. The summed E-state index contributed by atoms with van der Waals surface area (Å²) < 4.78 is 10.9. The van der Waals surface area contributed by atoms with E-state index in [4.69, 9.17) is 9.47 Å². The topological polar surface area (TPSA) is 79.3 Å². The average molecular weight is 467 g/mol. The summed E-state index contributed by atoms with van der Waals surface area (Å²) in [6.07, 6.45) is 0.717. The van der Waals surface area contributed by atoms with E-state index in [2.05, 4.69) is 18.7 Å². The molecule has 1 fully saturated rings. The molecule has 3 rings (SSSR count). The van der Waals surface area contributed by atoms with Gasteiger partial charge >= 0.3 is 0 Å². The van der Waals surface area contributed by atoms with Crippen LogP contribution >= 0.6 is 0 Å². The minimum absolute atomic E-state index is 0.0785. The van der Waals surface area contributed by atoms with Gasteiger partial charge in [-0.25, -0.2) is 0 Å². The van der Waals surface area contributed by atoms with E-state index in [-0.39, 0.29) is 11.3 Å². The summed E-state index contributed by atoms with van der Waals surface area (Å²) in [5.41, 5.74) is 1.22. The van der Waals surface area contributed by atoms with Crippen molar-refractivity contribution >= 4 is 17.4 Å². The highest BCUT2D eigenvalue weighted by Crippen LogP contribution is 2.40. The van der Waals surface area contributed by atoms with Crippen LogP contribution < -0.4 is 9.47 Å². The minimum Gasteiger partial charge on any atom is -0.507 e. The molecule has 0 aromatic heterocycles. The molecule has 0 aliphatic carbocycles. The van der Waals surface area contributed by atoms with Crippen molar-refractivity contribution in [3.63, 3.8) is 0 Å². The Bertz CT molecular complexity index is 1040. The Labute approximate surface area is 201 Å². The van der Waals surface area contributed by atoms with Gasteiger partial charge in [0.2, 0.25) is 0 Å². The van der Waals surface area contributed by atoms with Gasteiger partial charge in [0.25, 0.3) is 11.7 Å². The lowest BCUT2D eigenvalue weighted by Gasteiger charge is -2.27. The van der Waals surface area contributed by atoms with Gasteiger partial charge in [0.1, 0.15) is 17.3 Å². The third-order valence-corrected chi connectivity index (χ3v) is 6.14. The predicted molar refractivity (Wildman–Crippen MR) is 132 cm³/mol. The van der Waals surface area contributed by atoms with Gasteiger partial charge in [-0.15, -0.1) is 0 Å². The number of carbonyl (C=O) groups is 2. The zero-order valence-corrected chi connectivity index (χ0v) is 20.4. The fourth-order valence-electron chi connectivity index (χ4n) is 4.33. The number of Topliss-reactive ketones (excluding diaryl/α,β-unsaturated/α-hetero) is 1. The molecule has 0 radical (unpaired) electrons. The summed E-state index contributed by atoms with van der Waals surface area (Å²) in [5, 5.41) is 11.3. The van der Waals surface area contributed by atoms with Crippen LogP contribution in [0.15, 0.2) is 54.1 Å². The van der Waals surface area contributed by atoms with Crippen LogP contribution in [0.3, 0.4) is 0 Å². The van der Waals surface area contributed by atoms with Crippen LogP contribution in [0.4, 0.5) is 0 Å². The molecule has 1 unspecified atom stereocenters. The van der Waals surface area contributed by atoms with Gasteiger partial charge in [-0.1, -0.05) is 38.1 Å². The van der Waals surface area contributed by atoms with E-state index in [1.165, 1.54) is 0 Å². The van der Waals surface area contributed by atoms with Crippen LogP contribution in [0.25, 0.3) is 5.76 Å². The fourth-order valence-corrected chi connectivity index (χ4v) is 4.33. The Kier molecular flexibility index (Phi) is 8.71. The zero-order chi connectivity index (χ0) is 24.7. The van der Waals surface area contributed by atoms with E-state index in [1.54, 1.807) is 42.3 Å². The number of likely N-dealkylation sites (tertiary alicyclic amines) is 1. The Balaban J connectivity index is 2.05. The highest BCUT2D eigenvalue weighted by atomic mass is 16.5. The average Bonchev–Trinajstić information content (AvgIpc) is 3.11. The van der Waals surface area contributed by atoms with E-state index in [0.29, 0.717) is 35.8 Å². The molecular formula is C27H34N2O5. The number of hydrogen-bond acceptors (Lipinski definition) is 6. The third-order valence-electron chi connectivity index (χ3n) is 6.14. The quantitative estimate of drug-likeness (QED) is 0.303. The first kappa shape index (κ1) is 25.3. The summed E-state index contributed by atoms with van der Waals surface area (Å²) >= 11 is 0. The second-order valence-electron chi connectivity index (χ2n) is 8.11. The van der Waals surface area contributed by atoms with Gasteiger partial charge in [0.15, 0.2) is 0 Å². The Morgan fingerprint density at radius 3 is 2.41 bits per heavy atom. The number of aliphatic hydroxyl groups excluding tert-OH is 1. The maximum atomic E-state index is 13.2. The molecule has 34 heavy (non-hydrogen) atoms. The number of nitrogens with zero attached hydrogens (tertiary/aromatic N) is 2. The van der Waals surface area contributed by atoms with Crippen molar-refractivity contribution in [3.8, 4) is 11.5 Å². The molecule has 1 N–H and O–H groups in total. The van der Waals surface area contributed by atoms with Gasteiger partial charge in [0, 0.05) is 12.1 Å². The normalized spacial score (nSPS) is 17.4. The molecule has 0 spiro atoms. The maximum absolute atomic E-state index is 13.2. The lowest BCUT2D eigenvalue weighted by Crippen LogP contribution is -2.33. The zero-order valence-electron chi connectivity index (χ0n) is 20.4. The molecule has 1 atom stereocenters. The van der Waals surface area contributed by atoms with Crippen molar-refractivity contribution < 1.29 is 24.2 Å². The van der Waals surface area contributed by atoms with E-state index >= 15 is 0 Å². The number of ether oxygens (including phenoxy) is 2. The summed E-state index contributed by atoms with van der Waals surface area (Å²) in [4.78, 5) is 30.2. The lowest BCUT2D eigenvalue weighted by atomic mass is 9.95. The van der Waals surface area contributed by atoms with Gasteiger partial charge in [-0.3, -0.25) is 9.59 Å². The third kappa shape index (κ3) is 5.42. The largest absolute Gasteiger partial charge is 0.507 e. The summed E-state index contributed by atoms with van der Waals surface area (Å²) in [6.45, 7) is 9.61. The molecule has 1 saturated heterocycles. The molecular weight excluding hydrogens is 432 g/mol. The van der Waals surface area contributed by atoms with Crippen LogP contribution in [0.5, 0.6) is 11.5 Å². The number of amides is 1. The smallest absolute Gasteiger partial charge is 0.295 e. The lowest BCUT2D eigenvalue weighted by molar-refractivity contribution is -0.140. The second-order valence-corrected chi connectivity index (χ2v) is 8.11.